The van der Waals surface area contributed by atoms with E-state index in [-0.39, 0.29) is 17.1 Å². The molecular weight excluding hydrogens is 257 g/mol. The first-order valence-electron chi connectivity index (χ1n) is 6.21. The van der Waals surface area contributed by atoms with Crippen molar-refractivity contribution >= 4 is 16.8 Å². The van der Waals surface area contributed by atoms with E-state index in [1.807, 2.05) is 32.0 Å². The van der Waals surface area contributed by atoms with Gasteiger partial charge in [-0.2, -0.15) is 0 Å². The number of carbonyl (C=O) groups excluding carboxylic acids is 1. The average Bonchev–Trinajstić information content (AvgIpc) is 2.74. The topological polar surface area (TPSA) is 43.1 Å². The van der Waals surface area contributed by atoms with Crippen LogP contribution >= 0.6 is 0 Å². The molecule has 0 aliphatic carbocycles. The van der Waals surface area contributed by atoms with Crippen LogP contribution in [-0.4, -0.2) is 10.8 Å². The number of pyridine rings is 1. The Balaban J connectivity index is 2.14. The highest BCUT2D eigenvalue weighted by molar-refractivity contribution is 6.10. The lowest BCUT2D eigenvalue weighted by Gasteiger charge is -1.98. The number of furan rings is 1. The summed E-state index contributed by atoms with van der Waals surface area (Å²) in [6.45, 7) is 3.77. The normalized spacial score (nSPS) is 10.9. The van der Waals surface area contributed by atoms with E-state index in [9.17, 15) is 9.18 Å². The molecule has 0 atom stereocenters. The first-order chi connectivity index (χ1) is 9.56. The number of aryl methyl sites for hydroxylation is 2. The van der Waals surface area contributed by atoms with Crippen LogP contribution in [0.2, 0.25) is 0 Å². The number of ketones is 1. The first kappa shape index (κ1) is 12.5. The van der Waals surface area contributed by atoms with Crippen molar-refractivity contribution in [2.45, 2.75) is 13.8 Å². The molecule has 2 heterocycles. The van der Waals surface area contributed by atoms with Crippen LogP contribution in [0.4, 0.5) is 4.39 Å². The number of halogens is 1. The van der Waals surface area contributed by atoms with Crippen molar-refractivity contribution in [3.05, 3.63) is 64.9 Å². The van der Waals surface area contributed by atoms with Gasteiger partial charge < -0.3 is 4.42 Å². The van der Waals surface area contributed by atoms with E-state index in [0.717, 1.165) is 28.8 Å². The summed E-state index contributed by atoms with van der Waals surface area (Å²) in [4.78, 5) is 16.1. The van der Waals surface area contributed by atoms with Gasteiger partial charge in [-0.3, -0.25) is 9.78 Å². The quantitative estimate of drug-likeness (QED) is 0.664. The Kier molecular flexibility index (Phi) is 2.86. The molecule has 2 aromatic heterocycles. The number of nitrogens with zero attached hydrogens (tertiary/aromatic N) is 1. The number of hydrogen-bond donors (Lipinski definition) is 0. The molecule has 0 unspecified atom stereocenters. The Morgan fingerprint density at radius 1 is 1.20 bits per heavy atom. The van der Waals surface area contributed by atoms with Crippen LogP contribution in [0.3, 0.4) is 0 Å². The van der Waals surface area contributed by atoms with Gasteiger partial charge in [0.15, 0.2) is 5.76 Å². The highest BCUT2D eigenvalue weighted by Gasteiger charge is 2.19. The fourth-order valence-corrected chi connectivity index (χ4v) is 2.22. The molecule has 0 radical (unpaired) electrons. The van der Waals surface area contributed by atoms with Crippen molar-refractivity contribution in [2.75, 3.05) is 0 Å². The Hall–Kier alpha value is -2.49. The van der Waals surface area contributed by atoms with Crippen LogP contribution in [0.5, 0.6) is 0 Å². The van der Waals surface area contributed by atoms with E-state index in [1.165, 1.54) is 6.20 Å². The van der Waals surface area contributed by atoms with Crippen LogP contribution in [0.25, 0.3) is 11.0 Å². The third-order valence-electron chi connectivity index (χ3n) is 3.27. The number of rotatable bonds is 2. The number of carbonyl (C=O) groups is 1. The van der Waals surface area contributed by atoms with Gasteiger partial charge in [0, 0.05) is 22.7 Å². The molecule has 20 heavy (non-hydrogen) atoms. The van der Waals surface area contributed by atoms with Crippen molar-refractivity contribution < 1.29 is 13.6 Å². The van der Waals surface area contributed by atoms with Crippen LogP contribution in [0.15, 0.2) is 41.1 Å². The summed E-state index contributed by atoms with van der Waals surface area (Å²) in [7, 11) is 0. The third-order valence-corrected chi connectivity index (χ3v) is 3.27. The van der Waals surface area contributed by atoms with Crippen molar-refractivity contribution in [2.24, 2.45) is 0 Å². The lowest BCUT2D eigenvalue weighted by Crippen LogP contribution is -2.02. The molecule has 0 saturated heterocycles. The molecule has 0 amide bonds. The predicted octanol–water partition coefficient (Wildman–Crippen LogP) is 3.81. The molecule has 3 aromatic rings. The summed E-state index contributed by atoms with van der Waals surface area (Å²) >= 11 is 0. The molecule has 0 fully saturated rings. The van der Waals surface area contributed by atoms with Gasteiger partial charge >= 0.3 is 0 Å². The summed E-state index contributed by atoms with van der Waals surface area (Å²) in [5, 5.41) is 0.892. The Labute approximate surface area is 115 Å². The number of benzene rings is 1. The van der Waals surface area contributed by atoms with E-state index in [0.29, 0.717) is 5.58 Å². The standard InChI is InChI=1S/C16H12FNO2/c1-9-3-4-13-10(2)16(20-14(13)5-9)15(19)11-6-12(17)8-18-7-11/h3-8H,1-2H3. The molecule has 0 bridgehead atoms. The average molecular weight is 269 g/mol. The van der Waals surface area contributed by atoms with Gasteiger partial charge in [-0.25, -0.2) is 4.39 Å². The summed E-state index contributed by atoms with van der Waals surface area (Å²) < 4.78 is 18.8. The maximum absolute atomic E-state index is 13.2. The van der Waals surface area contributed by atoms with Gasteiger partial charge in [0.2, 0.25) is 5.78 Å². The smallest absolute Gasteiger partial charge is 0.230 e. The lowest BCUT2D eigenvalue weighted by molar-refractivity contribution is 0.101. The van der Waals surface area contributed by atoms with Crippen LogP contribution in [0, 0.1) is 19.7 Å². The molecule has 0 saturated carbocycles. The zero-order valence-electron chi connectivity index (χ0n) is 11.1. The monoisotopic (exact) mass is 269 g/mol. The maximum atomic E-state index is 13.2. The molecule has 100 valence electrons. The van der Waals surface area contributed by atoms with Gasteiger partial charge in [-0.05, 0) is 31.5 Å². The SMILES string of the molecule is Cc1ccc2c(C)c(C(=O)c3cncc(F)c3)oc2c1. The van der Waals surface area contributed by atoms with E-state index < -0.39 is 5.82 Å². The number of hydrogen-bond acceptors (Lipinski definition) is 3. The third kappa shape index (κ3) is 1.99. The van der Waals surface area contributed by atoms with E-state index in [2.05, 4.69) is 4.98 Å². The fraction of sp³-hybridized carbons (Fsp3) is 0.125. The second-order valence-electron chi connectivity index (χ2n) is 4.78. The summed E-state index contributed by atoms with van der Waals surface area (Å²) in [5.74, 6) is -0.665. The molecule has 1 aromatic carbocycles. The highest BCUT2D eigenvalue weighted by Crippen LogP contribution is 2.27. The van der Waals surface area contributed by atoms with E-state index in [1.54, 1.807) is 0 Å². The zero-order chi connectivity index (χ0) is 14.3. The van der Waals surface area contributed by atoms with Gasteiger partial charge in [0.1, 0.15) is 11.4 Å². The molecule has 0 spiro atoms. The minimum Gasteiger partial charge on any atom is -0.452 e. The Bertz CT molecular complexity index is 820. The number of aromatic nitrogens is 1. The summed E-state index contributed by atoms with van der Waals surface area (Å²) in [6.07, 6.45) is 2.40. The Morgan fingerprint density at radius 2 is 2.00 bits per heavy atom. The predicted molar refractivity (Wildman–Crippen MR) is 73.3 cm³/mol. The van der Waals surface area contributed by atoms with Crippen molar-refractivity contribution in [1.82, 2.24) is 4.98 Å². The molecule has 3 rings (SSSR count). The minimum absolute atomic E-state index is 0.184. The number of fused-ring (bicyclic) bond motifs is 1. The lowest BCUT2D eigenvalue weighted by atomic mass is 10.1. The molecule has 3 nitrogen and oxygen atoms in total. The van der Waals surface area contributed by atoms with Crippen LogP contribution in [0.1, 0.15) is 27.2 Å². The van der Waals surface area contributed by atoms with Crippen molar-refractivity contribution in [3.63, 3.8) is 0 Å². The second-order valence-corrected chi connectivity index (χ2v) is 4.78. The zero-order valence-corrected chi connectivity index (χ0v) is 11.1. The van der Waals surface area contributed by atoms with Crippen molar-refractivity contribution in [1.29, 1.82) is 0 Å². The minimum atomic E-state index is -0.541. The van der Waals surface area contributed by atoms with Crippen molar-refractivity contribution in [3.8, 4) is 0 Å². The summed E-state index contributed by atoms with van der Waals surface area (Å²) in [6, 6.07) is 6.92. The van der Waals surface area contributed by atoms with Gasteiger partial charge in [-0.15, -0.1) is 0 Å². The molecule has 4 heteroatoms. The fourth-order valence-electron chi connectivity index (χ4n) is 2.22. The molecular formula is C16H12FNO2. The van der Waals surface area contributed by atoms with Gasteiger partial charge in [0.05, 0.1) is 6.20 Å². The van der Waals surface area contributed by atoms with E-state index in [4.69, 9.17) is 4.42 Å². The molecule has 0 aliphatic heterocycles. The maximum Gasteiger partial charge on any atom is 0.230 e. The van der Waals surface area contributed by atoms with Crippen LogP contribution < -0.4 is 0 Å². The van der Waals surface area contributed by atoms with Crippen LogP contribution in [-0.2, 0) is 0 Å². The van der Waals surface area contributed by atoms with Gasteiger partial charge in [-0.1, -0.05) is 12.1 Å². The largest absolute Gasteiger partial charge is 0.452 e. The summed E-state index contributed by atoms with van der Waals surface area (Å²) in [5.41, 5.74) is 2.66. The molecule has 0 N–H and O–H groups in total. The Morgan fingerprint density at radius 3 is 2.75 bits per heavy atom. The highest BCUT2D eigenvalue weighted by atomic mass is 19.1. The van der Waals surface area contributed by atoms with Gasteiger partial charge in [0.25, 0.3) is 0 Å². The van der Waals surface area contributed by atoms with E-state index >= 15 is 0 Å². The molecule has 0 aliphatic rings. The first-order valence-corrected chi connectivity index (χ1v) is 6.21. The second kappa shape index (κ2) is 4.56.